The first-order chi connectivity index (χ1) is 31.3. The van der Waals surface area contributed by atoms with Crippen molar-refractivity contribution >= 4 is 13.7 Å². The predicted octanol–water partition coefficient (Wildman–Crippen LogP) is 10.2. The highest BCUT2D eigenvalue weighted by Gasteiger charge is 2.51. The Hall–Kier alpha value is -0.960. The van der Waals surface area contributed by atoms with Crippen LogP contribution < -0.4 is 5.32 Å². The standard InChI is InChI=1S/C51H100NO12P/c1-3-5-7-9-11-13-15-17-19-20-21-22-23-25-27-29-31-33-35-37-39-44(54)43(41-63-65(61,62)64-51-49(59)47(57)46(56)48(58)50(51)60)52-45(55)40-42(53)38-36-34-32-30-28-26-24-18-16-14-12-10-8-6-4-2/h18,24,42-44,46-51,53-54,56-60H,3-17,19-23,25-41H2,1-2H3,(H,52,55)(H,61,62)/b24-18-. The number of carbonyl (C=O) groups excluding carboxylic acids is 1. The lowest BCUT2D eigenvalue weighted by Gasteiger charge is -2.41. The second-order valence-electron chi connectivity index (χ2n) is 19.3. The van der Waals surface area contributed by atoms with Gasteiger partial charge in [0.2, 0.25) is 5.91 Å². The Bertz CT molecular complexity index is 1170. The van der Waals surface area contributed by atoms with Crippen LogP contribution in [0.2, 0.25) is 0 Å². The molecule has 1 rings (SSSR count). The molecule has 0 aromatic carbocycles. The van der Waals surface area contributed by atoms with E-state index in [1.165, 1.54) is 135 Å². The number of hydrogen-bond donors (Lipinski definition) is 9. The molecule has 1 fully saturated rings. The molecule has 0 saturated heterocycles. The van der Waals surface area contributed by atoms with Gasteiger partial charge >= 0.3 is 7.82 Å². The summed E-state index contributed by atoms with van der Waals surface area (Å²) in [4.78, 5) is 23.6. The van der Waals surface area contributed by atoms with Gasteiger partial charge in [0, 0.05) is 0 Å². The maximum Gasteiger partial charge on any atom is 0.472 e. The van der Waals surface area contributed by atoms with Crippen LogP contribution in [0, 0.1) is 0 Å². The van der Waals surface area contributed by atoms with Gasteiger partial charge in [-0.3, -0.25) is 13.8 Å². The molecule has 8 unspecified atom stereocenters. The number of phosphoric acid groups is 1. The summed E-state index contributed by atoms with van der Waals surface area (Å²) in [7, 11) is -5.12. The molecule has 1 aliphatic rings. The largest absolute Gasteiger partial charge is 0.472 e. The van der Waals surface area contributed by atoms with E-state index in [1.807, 2.05) is 0 Å². The van der Waals surface area contributed by atoms with Crippen LogP contribution in [0.1, 0.15) is 245 Å². The monoisotopic (exact) mass is 950 g/mol. The van der Waals surface area contributed by atoms with Crippen LogP contribution >= 0.6 is 7.82 Å². The number of rotatable bonds is 45. The minimum atomic E-state index is -5.12. The molecule has 0 heterocycles. The van der Waals surface area contributed by atoms with Gasteiger partial charge in [0.1, 0.15) is 36.6 Å². The average Bonchev–Trinajstić information content (AvgIpc) is 3.28. The predicted molar refractivity (Wildman–Crippen MR) is 261 cm³/mol. The zero-order valence-electron chi connectivity index (χ0n) is 41.2. The molecular formula is C51H100NO12P. The van der Waals surface area contributed by atoms with Crippen molar-refractivity contribution in [3.63, 3.8) is 0 Å². The SMILES string of the molecule is CCCCCCCC/C=C\CCCCCCCC(O)CC(=O)NC(COP(=O)(O)OC1C(O)C(O)C(O)C(O)C1O)C(O)CCCCCCCCCCCCCCCCCCCCCC. The van der Waals surface area contributed by atoms with E-state index >= 15 is 0 Å². The van der Waals surface area contributed by atoms with E-state index in [-0.39, 0.29) is 12.8 Å². The topological polar surface area (TPSA) is 226 Å². The molecule has 0 radical (unpaired) electrons. The second-order valence-corrected chi connectivity index (χ2v) is 20.7. The van der Waals surface area contributed by atoms with Crippen LogP contribution in [0.25, 0.3) is 0 Å². The Morgan fingerprint density at radius 3 is 1.26 bits per heavy atom. The zero-order valence-corrected chi connectivity index (χ0v) is 42.1. The van der Waals surface area contributed by atoms with Gasteiger partial charge in [-0.2, -0.15) is 0 Å². The lowest BCUT2D eigenvalue weighted by atomic mass is 9.85. The fraction of sp³-hybridized carbons (Fsp3) is 0.941. The van der Waals surface area contributed by atoms with Gasteiger partial charge in [-0.05, 0) is 38.5 Å². The molecule has 0 spiro atoms. The number of amides is 1. The molecule has 0 aliphatic heterocycles. The lowest BCUT2D eigenvalue weighted by Crippen LogP contribution is -2.64. The number of hydrogen-bond acceptors (Lipinski definition) is 11. The zero-order chi connectivity index (χ0) is 48.0. The maximum absolute atomic E-state index is 13.1. The molecular weight excluding hydrogens is 850 g/mol. The minimum absolute atomic E-state index is 0.224. The highest BCUT2D eigenvalue weighted by molar-refractivity contribution is 7.47. The van der Waals surface area contributed by atoms with Crippen molar-refractivity contribution in [2.45, 2.75) is 300 Å². The van der Waals surface area contributed by atoms with Gasteiger partial charge in [-0.1, -0.05) is 212 Å². The number of nitrogens with one attached hydrogen (secondary N) is 1. The number of unbranched alkanes of at least 4 members (excludes halogenated alkanes) is 30. The van der Waals surface area contributed by atoms with Crippen molar-refractivity contribution in [1.29, 1.82) is 0 Å². The van der Waals surface area contributed by atoms with E-state index in [0.717, 1.165) is 70.6 Å². The van der Waals surface area contributed by atoms with Crippen LogP contribution in [0.3, 0.4) is 0 Å². The van der Waals surface area contributed by atoms with Gasteiger partial charge < -0.3 is 46.0 Å². The summed E-state index contributed by atoms with van der Waals surface area (Å²) in [5.41, 5.74) is 0. The van der Waals surface area contributed by atoms with Crippen molar-refractivity contribution in [2.75, 3.05) is 6.61 Å². The fourth-order valence-electron chi connectivity index (χ4n) is 8.77. The van der Waals surface area contributed by atoms with E-state index in [4.69, 9.17) is 9.05 Å². The number of aliphatic hydroxyl groups excluding tert-OH is 7. The first-order valence-corrected chi connectivity index (χ1v) is 28.2. The Balaban J connectivity index is 2.44. The molecule has 386 valence electrons. The third-order valence-corrected chi connectivity index (χ3v) is 14.1. The van der Waals surface area contributed by atoms with Gasteiger partial charge in [-0.15, -0.1) is 0 Å². The molecule has 0 aromatic rings. The Morgan fingerprint density at radius 1 is 0.523 bits per heavy atom. The molecule has 13 nitrogen and oxygen atoms in total. The third kappa shape index (κ3) is 32.5. The smallest absolute Gasteiger partial charge is 0.393 e. The highest BCUT2D eigenvalue weighted by Crippen LogP contribution is 2.47. The fourth-order valence-corrected chi connectivity index (χ4v) is 9.74. The molecule has 1 saturated carbocycles. The second kappa shape index (κ2) is 40.9. The van der Waals surface area contributed by atoms with E-state index in [9.17, 15) is 50.0 Å². The van der Waals surface area contributed by atoms with Gasteiger partial charge in [0.25, 0.3) is 0 Å². The number of allylic oxidation sites excluding steroid dienone is 2. The van der Waals surface area contributed by atoms with Gasteiger partial charge in [0.15, 0.2) is 0 Å². The van der Waals surface area contributed by atoms with E-state index in [0.29, 0.717) is 12.8 Å². The normalized spacial score (nSPS) is 22.6. The lowest BCUT2D eigenvalue weighted by molar-refractivity contribution is -0.220. The summed E-state index contributed by atoms with van der Waals surface area (Å²) in [6, 6.07) is -1.15. The summed E-state index contributed by atoms with van der Waals surface area (Å²) in [5.74, 6) is -0.562. The Labute approximate surface area is 395 Å². The number of carbonyl (C=O) groups is 1. The Kier molecular flexibility index (Phi) is 39.0. The quantitative estimate of drug-likeness (QED) is 0.0158. The van der Waals surface area contributed by atoms with Crippen molar-refractivity contribution in [1.82, 2.24) is 5.32 Å². The molecule has 9 N–H and O–H groups in total. The minimum Gasteiger partial charge on any atom is -0.393 e. The van der Waals surface area contributed by atoms with E-state index in [2.05, 4.69) is 31.3 Å². The third-order valence-electron chi connectivity index (χ3n) is 13.1. The maximum atomic E-state index is 13.1. The molecule has 0 aromatic heterocycles. The van der Waals surface area contributed by atoms with Gasteiger partial charge in [-0.25, -0.2) is 4.57 Å². The van der Waals surface area contributed by atoms with Crippen LogP contribution in [0.5, 0.6) is 0 Å². The summed E-state index contributed by atoms with van der Waals surface area (Å²) in [6.07, 6.45) is 31.1. The summed E-state index contributed by atoms with van der Waals surface area (Å²) < 4.78 is 23.0. The van der Waals surface area contributed by atoms with Crippen LogP contribution in [-0.4, -0.2) is 108 Å². The molecule has 14 heteroatoms. The van der Waals surface area contributed by atoms with Crippen molar-refractivity contribution in [3.8, 4) is 0 Å². The van der Waals surface area contributed by atoms with Crippen LogP contribution in [0.4, 0.5) is 0 Å². The molecule has 1 amide bonds. The van der Waals surface area contributed by atoms with E-state index < -0.39 is 75.2 Å². The number of phosphoric ester groups is 1. The van der Waals surface area contributed by atoms with Crippen molar-refractivity contribution < 1.29 is 59.0 Å². The first-order valence-electron chi connectivity index (χ1n) is 26.7. The average molecular weight is 950 g/mol. The van der Waals surface area contributed by atoms with Crippen LogP contribution in [0.15, 0.2) is 12.2 Å². The van der Waals surface area contributed by atoms with E-state index in [1.54, 1.807) is 0 Å². The summed E-state index contributed by atoms with van der Waals surface area (Å²) in [6.45, 7) is 3.81. The summed E-state index contributed by atoms with van der Waals surface area (Å²) >= 11 is 0. The molecule has 65 heavy (non-hydrogen) atoms. The Morgan fingerprint density at radius 2 is 0.862 bits per heavy atom. The summed E-state index contributed by atoms with van der Waals surface area (Å²) in [5, 5.41) is 74.9. The van der Waals surface area contributed by atoms with Crippen molar-refractivity contribution in [2.24, 2.45) is 0 Å². The highest BCUT2D eigenvalue weighted by atomic mass is 31.2. The van der Waals surface area contributed by atoms with Crippen LogP contribution in [-0.2, 0) is 18.4 Å². The molecule has 0 bridgehead atoms. The first kappa shape index (κ1) is 62.1. The molecule has 1 aliphatic carbocycles. The molecule has 8 atom stereocenters. The number of aliphatic hydroxyl groups is 7. The van der Waals surface area contributed by atoms with Crippen molar-refractivity contribution in [3.05, 3.63) is 12.2 Å². The van der Waals surface area contributed by atoms with Gasteiger partial charge in [0.05, 0.1) is 31.3 Å².